The number of thioether (sulfide) groups is 1. The van der Waals surface area contributed by atoms with Gasteiger partial charge in [0.25, 0.3) is 0 Å². The van der Waals surface area contributed by atoms with Crippen molar-refractivity contribution in [3.63, 3.8) is 0 Å². The SMILES string of the molecule is CC(C(=O)Nc1ccc(Cl)cc1N)N1CCSCC1. The van der Waals surface area contributed by atoms with E-state index in [4.69, 9.17) is 17.3 Å². The number of benzene rings is 1. The third kappa shape index (κ3) is 3.78. The smallest absolute Gasteiger partial charge is 0.241 e. The zero-order chi connectivity index (χ0) is 13.8. The van der Waals surface area contributed by atoms with Crippen molar-refractivity contribution in [2.75, 3.05) is 35.6 Å². The van der Waals surface area contributed by atoms with Crippen molar-refractivity contribution >= 4 is 40.6 Å². The topological polar surface area (TPSA) is 58.4 Å². The predicted octanol–water partition coefficient (Wildman–Crippen LogP) is 2.30. The van der Waals surface area contributed by atoms with Crippen LogP contribution >= 0.6 is 23.4 Å². The van der Waals surface area contributed by atoms with Gasteiger partial charge in [-0.1, -0.05) is 11.6 Å². The Morgan fingerprint density at radius 1 is 1.47 bits per heavy atom. The van der Waals surface area contributed by atoms with E-state index in [1.807, 2.05) is 18.7 Å². The number of carbonyl (C=O) groups excluding carboxylic acids is 1. The third-order valence-electron chi connectivity index (χ3n) is 3.24. The molecule has 104 valence electrons. The molecule has 1 aromatic carbocycles. The summed E-state index contributed by atoms with van der Waals surface area (Å²) in [5, 5.41) is 3.43. The van der Waals surface area contributed by atoms with Crippen LogP contribution in [0.2, 0.25) is 5.02 Å². The number of hydrogen-bond acceptors (Lipinski definition) is 4. The molecule has 19 heavy (non-hydrogen) atoms. The fraction of sp³-hybridized carbons (Fsp3) is 0.462. The zero-order valence-electron chi connectivity index (χ0n) is 10.9. The number of halogens is 1. The molecule has 1 unspecified atom stereocenters. The highest BCUT2D eigenvalue weighted by atomic mass is 35.5. The number of nitrogen functional groups attached to an aromatic ring is 1. The summed E-state index contributed by atoms with van der Waals surface area (Å²) in [6.45, 7) is 3.84. The van der Waals surface area contributed by atoms with Gasteiger partial charge in [-0.05, 0) is 25.1 Å². The lowest BCUT2D eigenvalue weighted by atomic mass is 10.2. The Morgan fingerprint density at radius 3 is 2.79 bits per heavy atom. The molecule has 0 bridgehead atoms. The first-order valence-corrected chi connectivity index (χ1v) is 7.79. The minimum Gasteiger partial charge on any atom is -0.397 e. The monoisotopic (exact) mass is 299 g/mol. The number of nitrogens with one attached hydrogen (secondary N) is 1. The van der Waals surface area contributed by atoms with Crippen molar-refractivity contribution in [3.05, 3.63) is 23.2 Å². The predicted molar refractivity (Wildman–Crippen MR) is 82.9 cm³/mol. The molecule has 1 fully saturated rings. The summed E-state index contributed by atoms with van der Waals surface area (Å²) < 4.78 is 0. The Morgan fingerprint density at radius 2 is 2.16 bits per heavy atom. The number of amides is 1. The van der Waals surface area contributed by atoms with Gasteiger partial charge < -0.3 is 11.1 Å². The maximum Gasteiger partial charge on any atom is 0.241 e. The summed E-state index contributed by atoms with van der Waals surface area (Å²) in [5.74, 6) is 2.14. The van der Waals surface area contributed by atoms with Gasteiger partial charge in [0.1, 0.15) is 0 Å². The molecular formula is C13H18ClN3OS. The zero-order valence-corrected chi connectivity index (χ0v) is 12.4. The van der Waals surface area contributed by atoms with Gasteiger partial charge in [0.2, 0.25) is 5.91 Å². The number of carbonyl (C=O) groups is 1. The molecule has 1 aliphatic rings. The van der Waals surface area contributed by atoms with Crippen LogP contribution in [0.25, 0.3) is 0 Å². The molecule has 4 nitrogen and oxygen atoms in total. The second-order valence-electron chi connectivity index (χ2n) is 4.55. The summed E-state index contributed by atoms with van der Waals surface area (Å²) >= 11 is 7.76. The number of hydrogen-bond donors (Lipinski definition) is 2. The Labute approximate surface area is 122 Å². The number of nitrogens with two attached hydrogens (primary N) is 1. The molecule has 1 amide bonds. The molecule has 1 heterocycles. The van der Waals surface area contributed by atoms with Crippen molar-refractivity contribution in [2.24, 2.45) is 0 Å². The largest absolute Gasteiger partial charge is 0.397 e. The maximum atomic E-state index is 12.2. The molecule has 1 aliphatic heterocycles. The van der Waals surface area contributed by atoms with Crippen LogP contribution < -0.4 is 11.1 Å². The molecule has 3 N–H and O–H groups in total. The second kappa shape index (κ2) is 6.50. The van der Waals surface area contributed by atoms with E-state index in [0.29, 0.717) is 16.4 Å². The first kappa shape index (κ1) is 14.5. The molecule has 1 saturated heterocycles. The fourth-order valence-electron chi connectivity index (χ4n) is 2.02. The van der Waals surface area contributed by atoms with E-state index < -0.39 is 0 Å². The van der Waals surface area contributed by atoms with Gasteiger partial charge in [0.05, 0.1) is 17.4 Å². The average molecular weight is 300 g/mol. The number of rotatable bonds is 3. The van der Waals surface area contributed by atoms with Gasteiger partial charge in [-0.15, -0.1) is 0 Å². The third-order valence-corrected chi connectivity index (χ3v) is 4.42. The molecule has 1 aromatic rings. The average Bonchev–Trinajstić information content (AvgIpc) is 2.42. The summed E-state index contributed by atoms with van der Waals surface area (Å²) in [6.07, 6.45) is 0. The molecule has 0 aliphatic carbocycles. The summed E-state index contributed by atoms with van der Waals surface area (Å²) in [6, 6.07) is 4.94. The van der Waals surface area contributed by atoms with Crippen molar-refractivity contribution in [1.29, 1.82) is 0 Å². The Balaban J connectivity index is 1.99. The lowest BCUT2D eigenvalue weighted by molar-refractivity contribution is -0.120. The van der Waals surface area contributed by atoms with Crippen LogP contribution in [0.1, 0.15) is 6.92 Å². The molecule has 1 atom stereocenters. The lowest BCUT2D eigenvalue weighted by Crippen LogP contribution is -2.46. The highest BCUT2D eigenvalue weighted by Gasteiger charge is 2.23. The van der Waals surface area contributed by atoms with E-state index in [1.54, 1.807) is 18.2 Å². The molecule has 0 aromatic heterocycles. The second-order valence-corrected chi connectivity index (χ2v) is 6.21. The minimum absolute atomic E-state index is 0.0269. The standard InChI is InChI=1S/C13H18ClN3OS/c1-9(17-4-6-19-7-5-17)13(18)16-12-3-2-10(14)8-11(12)15/h2-3,8-9H,4-7,15H2,1H3,(H,16,18). The maximum absolute atomic E-state index is 12.2. The quantitative estimate of drug-likeness (QED) is 0.841. The fourth-order valence-corrected chi connectivity index (χ4v) is 3.13. The molecule has 0 spiro atoms. The Kier molecular flexibility index (Phi) is 4.96. The summed E-state index contributed by atoms with van der Waals surface area (Å²) in [4.78, 5) is 14.4. The van der Waals surface area contributed by atoms with Crippen LogP contribution in [0, 0.1) is 0 Å². The molecule has 0 saturated carbocycles. The first-order valence-electron chi connectivity index (χ1n) is 6.25. The normalized spacial score (nSPS) is 18.0. The lowest BCUT2D eigenvalue weighted by Gasteiger charge is -2.31. The highest BCUT2D eigenvalue weighted by molar-refractivity contribution is 7.99. The van der Waals surface area contributed by atoms with E-state index in [9.17, 15) is 4.79 Å². The van der Waals surface area contributed by atoms with E-state index in [-0.39, 0.29) is 11.9 Å². The highest BCUT2D eigenvalue weighted by Crippen LogP contribution is 2.23. The Hall–Kier alpha value is -0.910. The van der Waals surface area contributed by atoms with Gasteiger partial charge in [-0.2, -0.15) is 11.8 Å². The summed E-state index contributed by atoms with van der Waals surface area (Å²) in [7, 11) is 0. The van der Waals surface area contributed by atoms with Gasteiger partial charge in [0.15, 0.2) is 0 Å². The molecule has 2 rings (SSSR count). The first-order chi connectivity index (χ1) is 9.08. The van der Waals surface area contributed by atoms with Crippen LogP contribution in [0.15, 0.2) is 18.2 Å². The molecule has 0 radical (unpaired) electrons. The summed E-state index contributed by atoms with van der Waals surface area (Å²) in [5.41, 5.74) is 6.94. The number of nitrogens with zero attached hydrogens (tertiary/aromatic N) is 1. The van der Waals surface area contributed by atoms with Gasteiger partial charge in [-0.25, -0.2) is 0 Å². The van der Waals surface area contributed by atoms with Crippen LogP contribution in [0.4, 0.5) is 11.4 Å². The molecule has 6 heteroatoms. The Bertz CT molecular complexity index is 463. The van der Waals surface area contributed by atoms with Gasteiger partial charge >= 0.3 is 0 Å². The van der Waals surface area contributed by atoms with Crippen LogP contribution in [-0.2, 0) is 4.79 Å². The van der Waals surface area contributed by atoms with Gasteiger partial charge in [0, 0.05) is 29.6 Å². The van der Waals surface area contributed by atoms with E-state index in [0.717, 1.165) is 24.6 Å². The van der Waals surface area contributed by atoms with Crippen molar-refractivity contribution < 1.29 is 4.79 Å². The van der Waals surface area contributed by atoms with Crippen molar-refractivity contribution in [2.45, 2.75) is 13.0 Å². The van der Waals surface area contributed by atoms with E-state index in [2.05, 4.69) is 10.2 Å². The number of anilines is 2. The van der Waals surface area contributed by atoms with Crippen molar-refractivity contribution in [3.8, 4) is 0 Å². The van der Waals surface area contributed by atoms with Crippen LogP contribution in [0.5, 0.6) is 0 Å². The van der Waals surface area contributed by atoms with Crippen molar-refractivity contribution in [1.82, 2.24) is 4.90 Å². The van der Waals surface area contributed by atoms with E-state index in [1.165, 1.54) is 0 Å². The van der Waals surface area contributed by atoms with Crippen LogP contribution in [0.3, 0.4) is 0 Å². The van der Waals surface area contributed by atoms with Crippen LogP contribution in [-0.4, -0.2) is 41.4 Å². The minimum atomic E-state index is -0.143. The van der Waals surface area contributed by atoms with Gasteiger partial charge in [-0.3, -0.25) is 9.69 Å². The molecular weight excluding hydrogens is 282 g/mol. The van der Waals surface area contributed by atoms with E-state index >= 15 is 0 Å².